The number of hydrogen-bond donors (Lipinski definition) is 1. The van der Waals surface area contributed by atoms with E-state index in [0.29, 0.717) is 27.6 Å². The van der Waals surface area contributed by atoms with Crippen molar-refractivity contribution >= 4 is 38.9 Å². The molecular formula is C21H16ClFN2O4S. The van der Waals surface area contributed by atoms with Crippen molar-refractivity contribution in [3.05, 3.63) is 71.5 Å². The van der Waals surface area contributed by atoms with Crippen molar-refractivity contribution in [2.24, 2.45) is 0 Å². The van der Waals surface area contributed by atoms with Crippen molar-refractivity contribution in [3.8, 4) is 16.9 Å². The molecule has 9 heteroatoms. The molecule has 0 aliphatic carbocycles. The summed E-state index contributed by atoms with van der Waals surface area (Å²) in [6, 6.07) is 14.8. The summed E-state index contributed by atoms with van der Waals surface area (Å²) in [4.78, 5) is 12.7. The highest BCUT2D eigenvalue weighted by Crippen LogP contribution is 2.43. The van der Waals surface area contributed by atoms with Gasteiger partial charge in [-0.25, -0.2) is 12.8 Å². The van der Waals surface area contributed by atoms with Crippen molar-refractivity contribution in [1.29, 1.82) is 0 Å². The highest BCUT2D eigenvalue weighted by Gasteiger charge is 2.36. The summed E-state index contributed by atoms with van der Waals surface area (Å²) in [6.07, 6.45) is 0. The van der Waals surface area contributed by atoms with Crippen LogP contribution in [0.5, 0.6) is 5.75 Å². The third-order valence-electron chi connectivity index (χ3n) is 4.70. The van der Waals surface area contributed by atoms with Crippen LogP contribution in [-0.2, 0) is 14.8 Å². The van der Waals surface area contributed by atoms with Crippen LogP contribution >= 0.6 is 11.6 Å². The van der Waals surface area contributed by atoms with Crippen LogP contribution in [0.1, 0.15) is 0 Å². The zero-order valence-corrected chi connectivity index (χ0v) is 17.3. The van der Waals surface area contributed by atoms with Gasteiger partial charge in [-0.15, -0.1) is 0 Å². The largest absolute Gasteiger partial charge is 0.495 e. The molecule has 6 nitrogen and oxygen atoms in total. The minimum absolute atomic E-state index is 0.0170. The Morgan fingerprint density at radius 1 is 1.10 bits per heavy atom. The minimum Gasteiger partial charge on any atom is -0.495 e. The molecule has 0 unspecified atom stereocenters. The molecule has 0 atom stereocenters. The number of fused-ring (bicyclic) bond motifs is 3. The van der Waals surface area contributed by atoms with E-state index in [1.165, 1.54) is 31.4 Å². The van der Waals surface area contributed by atoms with E-state index in [-0.39, 0.29) is 10.6 Å². The maximum Gasteiger partial charge on any atom is 0.265 e. The van der Waals surface area contributed by atoms with E-state index in [4.69, 9.17) is 16.3 Å². The van der Waals surface area contributed by atoms with E-state index in [1.807, 2.05) is 0 Å². The van der Waals surface area contributed by atoms with Gasteiger partial charge in [-0.3, -0.25) is 9.10 Å². The number of methoxy groups -OCH3 is 1. The zero-order valence-electron chi connectivity index (χ0n) is 15.7. The molecule has 1 amide bonds. The van der Waals surface area contributed by atoms with Gasteiger partial charge in [0.25, 0.3) is 10.0 Å². The fourth-order valence-electron chi connectivity index (χ4n) is 3.35. The van der Waals surface area contributed by atoms with Gasteiger partial charge in [0, 0.05) is 16.8 Å². The third-order valence-corrected chi connectivity index (χ3v) is 6.81. The predicted octanol–water partition coefficient (Wildman–Crippen LogP) is 4.30. The van der Waals surface area contributed by atoms with Crippen LogP contribution in [0.2, 0.25) is 5.02 Å². The Hall–Kier alpha value is -3.10. The molecule has 0 spiro atoms. The van der Waals surface area contributed by atoms with Crippen LogP contribution < -0.4 is 14.4 Å². The summed E-state index contributed by atoms with van der Waals surface area (Å²) in [5.41, 5.74) is 1.42. The molecule has 1 heterocycles. The molecule has 1 aliphatic rings. The number of carbonyl (C=O) groups excluding carboxylic acids is 1. The molecule has 154 valence electrons. The molecule has 0 saturated carbocycles. The molecule has 0 bridgehead atoms. The van der Waals surface area contributed by atoms with Crippen LogP contribution in [0.4, 0.5) is 15.8 Å². The van der Waals surface area contributed by atoms with Crippen molar-refractivity contribution in [2.75, 3.05) is 23.3 Å². The van der Waals surface area contributed by atoms with Gasteiger partial charge in [-0.2, -0.15) is 0 Å². The summed E-state index contributed by atoms with van der Waals surface area (Å²) in [5, 5.41) is 2.93. The number of halogens is 2. The standard InChI is InChI=1S/C21H16ClFN2O4S/c1-29-19-9-7-14(11-17(19)22)24-21(26)12-25-18-8-6-13(23)10-16(18)15-4-2-3-5-20(15)30(25,27)28/h2-11H,12H2,1H3,(H,24,26). The third kappa shape index (κ3) is 3.48. The monoisotopic (exact) mass is 446 g/mol. The predicted molar refractivity (Wildman–Crippen MR) is 113 cm³/mol. The molecule has 1 N–H and O–H groups in total. The first-order valence-corrected chi connectivity index (χ1v) is 10.7. The lowest BCUT2D eigenvalue weighted by molar-refractivity contribution is -0.114. The van der Waals surface area contributed by atoms with E-state index in [0.717, 1.165) is 10.4 Å². The van der Waals surface area contributed by atoms with E-state index >= 15 is 0 Å². The number of nitrogens with zero attached hydrogens (tertiary/aromatic N) is 1. The second-order valence-electron chi connectivity index (χ2n) is 6.57. The number of rotatable bonds is 4. The second-order valence-corrected chi connectivity index (χ2v) is 8.80. The summed E-state index contributed by atoms with van der Waals surface area (Å²) >= 11 is 6.07. The summed E-state index contributed by atoms with van der Waals surface area (Å²) in [7, 11) is -2.54. The molecule has 3 aromatic rings. The van der Waals surface area contributed by atoms with Gasteiger partial charge in [0.05, 0.1) is 22.7 Å². The number of nitrogens with one attached hydrogen (secondary N) is 1. The van der Waals surface area contributed by atoms with E-state index in [2.05, 4.69) is 5.32 Å². The van der Waals surface area contributed by atoms with Crippen molar-refractivity contribution < 1.29 is 22.3 Å². The summed E-state index contributed by atoms with van der Waals surface area (Å²) in [5.74, 6) is -0.629. The topological polar surface area (TPSA) is 75.7 Å². The molecule has 0 saturated heterocycles. The molecule has 1 aliphatic heterocycles. The Morgan fingerprint density at radius 3 is 2.60 bits per heavy atom. The number of sulfonamides is 1. The molecular weight excluding hydrogens is 431 g/mol. The Labute approximate surface area is 177 Å². The lowest BCUT2D eigenvalue weighted by Crippen LogP contribution is -2.40. The number of anilines is 2. The van der Waals surface area contributed by atoms with Crippen LogP contribution in [-0.4, -0.2) is 28.0 Å². The van der Waals surface area contributed by atoms with Gasteiger partial charge in [0.15, 0.2) is 0 Å². The molecule has 0 aromatic heterocycles. The van der Waals surface area contributed by atoms with E-state index in [1.54, 1.807) is 30.3 Å². The van der Waals surface area contributed by atoms with Crippen molar-refractivity contribution in [1.82, 2.24) is 0 Å². The summed E-state index contributed by atoms with van der Waals surface area (Å²) in [6.45, 7) is -0.487. The van der Waals surface area contributed by atoms with Crippen LogP contribution in [0.25, 0.3) is 11.1 Å². The first-order chi connectivity index (χ1) is 14.3. The fraction of sp³-hybridized carbons (Fsp3) is 0.0952. The van der Waals surface area contributed by atoms with Gasteiger partial charge in [-0.1, -0.05) is 29.8 Å². The first kappa shape index (κ1) is 20.2. The SMILES string of the molecule is COc1ccc(NC(=O)CN2c3ccc(F)cc3-c3ccccc3S2(=O)=O)cc1Cl. The number of ether oxygens (including phenoxy) is 1. The molecule has 30 heavy (non-hydrogen) atoms. The maximum atomic E-state index is 13.9. The zero-order chi connectivity index (χ0) is 21.5. The van der Waals surface area contributed by atoms with Crippen molar-refractivity contribution in [2.45, 2.75) is 4.90 Å². The van der Waals surface area contributed by atoms with Gasteiger partial charge >= 0.3 is 0 Å². The normalized spacial score (nSPS) is 13.9. The average molecular weight is 447 g/mol. The van der Waals surface area contributed by atoms with Crippen LogP contribution in [0.3, 0.4) is 0 Å². The molecule has 3 aromatic carbocycles. The fourth-order valence-corrected chi connectivity index (χ4v) is 5.26. The number of carbonyl (C=O) groups is 1. The number of benzene rings is 3. The highest BCUT2D eigenvalue weighted by atomic mass is 35.5. The average Bonchev–Trinajstić information content (AvgIpc) is 2.71. The Morgan fingerprint density at radius 2 is 1.87 bits per heavy atom. The smallest absolute Gasteiger partial charge is 0.265 e. The quantitative estimate of drug-likeness (QED) is 0.648. The van der Waals surface area contributed by atoms with Crippen LogP contribution in [0.15, 0.2) is 65.6 Å². The lowest BCUT2D eigenvalue weighted by Gasteiger charge is -2.31. The highest BCUT2D eigenvalue weighted by molar-refractivity contribution is 7.93. The van der Waals surface area contributed by atoms with Crippen molar-refractivity contribution in [3.63, 3.8) is 0 Å². The molecule has 0 radical (unpaired) electrons. The van der Waals surface area contributed by atoms with Gasteiger partial charge < -0.3 is 10.1 Å². The Bertz CT molecular complexity index is 1260. The Kier molecular flexibility index (Phi) is 5.13. The molecule has 4 rings (SSSR count). The minimum atomic E-state index is -4.01. The summed E-state index contributed by atoms with van der Waals surface area (Å²) < 4.78 is 46.3. The van der Waals surface area contributed by atoms with Gasteiger partial charge in [-0.05, 0) is 42.5 Å². The molecule has 0 fully saturated rings. The van der Waals surface area contributed by atoms with Gasteiger partial charge in [0.2, 0.25) is 5.91 Å². The van der Waals surface area contributed by atoms with Gasteiger partial charge in [0.1, 0.15) is 18.1 Å². The number of hydrogen-bond acceptors (Lipinski definition) is 4. The van der Waals surface area contributed by atoms with Crippen LogP contribution in [0, 0.1) is 5.82 Å². The lowest BCUT2D eigenvalue weighted by atomic mass is 10.0. The second kappa shape index (κ2) is 7.62. The Balaban J connectivity index is 1.69. The first-order valence-electron chi connectivity index (χ1n) is 8.86. The maximum absolute atomic E-state index is 13.9. The van der Waals surface area contributed by atoms with E-state index < -0.39 is 28.3 Å². The number of amides is 1. The van der Waals surface area contributed by atoms with E-state index in [9.17, 15) is 17.6 Å².